The molecule has 0 amide bonds. The second kappa shape index (κ2) is 4.13. The highest BCUT2D eigenvalue weighted by Crippen LogP contribution is 2.29. The number of alkyl halides is 2. The molecule has 0 aromatic carbocycles. The molecule has 1 fully saturated rings. The molecule has 1 aliphatic rings. The Morgan fingerprint density at radius 1 is 1.46 bits per heavy atom. The molecule has 0 bridgehead atoms. The first kappa shape index (κ1) is 10.6. The van der Waals surface area contributed by atoms with Gasteiger partial charge in [0, 0.05) is 26.6 Å². The van der Waals surface area contributed by atoms with Crippen LogP contribution in [-0.4, -0.2) is 24.9 Å². The van der Waals surface area contributed by atoms with Gasteiger partial charge in [0.15, 0.2) is 5.78 Å². The third-order valence-electron chi connectivity index (χ3n) is 2.40. The van der Waals surface area contributed by atoms with Crippen LogP contribution in [0.25, 0.3) is 0 Å². The summed E-state index contributed by atoms with van der Waals surface area (Å²) in [6.45, 7) is 2.02. The SMILES string of the molecule is CC(=O)C(F)(F)CC1CCOCC1. The second-order valence-corrected chi connectivity index (χ2v) is 3.52. The summed E-state index contributed by atoms with van der Waals surface area (Å²) in [5.74, 6) is -4.23. The van der Waals surface area contributed by atoms with Gasteiger partial charge in [0.05, 0.1) is 0 Å². The lowest BCUT2D eigenvalue weighted by Gasteiger charge is -2.25. The van der Waals surface area contributed by atoms with Crippen molar-refractivity contribution in [2.45, 2.75) is 32.1 Å². The van der Waals surface area contributed by atoms with Crippen LogP contribution in [0.4, 0.5) is 8.78 Å². The van der Waals surface area contributed by atoms with Crippen LogP contribution in [0.1, 0.15) is 26.2 Å². The molecule has 1 saturated heterocycles. The number of carbonyl (C=O) groups is 1. The molecular weight excluding hydrogens is 178 g/mol. The van der Waals surface area contributed by atoms with Gasteiger partial charge in [-0.25, -0.2) is 0 Å². The second-order valence-electron chi connectivity index (χ2n) is 3.52. The third-order valence-corrected chi connectivity index (χ3v) is 2.40. The van der Waals surface area contributed by atoms with Gasteiger partial charge >= 0.3 is 5.92 Å². The lowest BCUT2D eigenvalue weighted by atomic mass is 9.92. The summed E-state index contributed by atoms with van der Waals surface area (Å²) in [6, 6.07) is 0. The summed E-state index contributed by atoms with van der Waals surface area (Å²) >= 11 is 0. The van der Waals surface area contributed by atoms with Gasteiger partial charge in [0.25, 0.3) is 0 Å². The van der Waals surface area contributed by atoms with Gasteiger partial charge < -0.3 is 4.74 Å². The Morgan fingerprint density at radius 2 is 2.00 bits per heavy atom. The van der Waals surface area contributed by atoms with E-state index in [4.69, 9.17) is 4.74 Å². The standard InChI is InChI=1S/C9H14F2O2/c1-7(12)9(10,11)6-8-2-4-13-5-3-8/h8H,2-6H2,1H3. The number of ether oxygens (including phenoxy) is 1. The molecule has 0 radical (unpaired) electrons. The molecule has 0 unspecified atom stereocenters. The first-order valence-electron chi connectivity index (χ1n) is 4.49. The van der Waals surface area contributed by atoms with Gasteiger partial charge in [-0.3, -0.25) is 4.79 Å². The Kier molecular flexibility index (Phi) is 3.36. The van der Waals surface area contributed by atoms with E-state index in [1.165, 1.54) is 0 Å². The average molecular weight is 192 g/mol. The summed E-state index contributed by atoms with van der Waals surface area (Å²) in [5.41, 5.74) is 0. The molecule has 1 heterocycles. The first-order chi connectivity index (χ1) is 6.02. The fourth-order valence-electron chi connectivity index (χ4n) is 1.46. The van der Waals surface area contributed by atoms with E-state index in [0.29, 0.717) is 26.1 Å². The zero-order chi connectivity index (χ0) is 9.90. The fourth-order valence-corrected chi connectivity index (χ4v) is 1.46. The van der Waals surface area contributed by atoms with Gasteiger partial charge in [-0.1, -0.05) is 0 Å². The average Bonchev–Trinajstić information content (AvgIpc) is 2.05. The van der Waals surface area contributed by atoms with E-state index in [1.54, 1.807) is 0 Å². The molecule has 0 aromatic rings. The zero-order valence-electron chi connectivity index (χ0n) is 7.69. The maximum Gasteiger partial charge on any atom is 0.305 e. The van der Waals surface area contributed by atoms with Crippen LogP contribution >= 0.6 is 0 Å². The third kappa shape index (κ3) is 3.03. The molecule has 76 valence electrons. The van der Waals surface area contributed by atoms with Crippen LogP contribution in [-0.2, 0) is 9.53 Å². The van der Waals surface area contributed by atoms with Crippen molar-refractivity contribution in [3.05, 3.63) is 0 Å². The van der Waals surface area contributed by atoms with Gasteiger partial charge in [-0.2, -0.15) is 8.78 Å². The van der Waals surface area contributed by atoms with Crippen LogP contribution in [0.5, 0.6) is 0 Å². The monoisotopic (exact) mass is 192 g/mol. The smallest absolute Gasteiger partial charge is 0.305 e. The van der Waals surface area contributed by atoms with Gasteiger partial charge in [-0.15, -0.1) is 0 Å². The fraction of sp³-hybridized carbons (Fsp3) is 0.889. The number of halogens is 2. The Hall–Kier alpha value is -0.510. The Balaban J connectivity index is 2.41. The highest BCUT2D eigenvalue weighted by molar-refractivity contribution is 5.82. The quantitative estimate of drug-likeness (QED) is 0.683. The van der Waals surface area contributed by atoms with Crippen LogP contribution in [0.3, 0.4) is 0 Å². The summed E-state index contributed by atoms with van der Waals surface area (Å²) < 4.78 is 30.9. The molecule has 0 aromatic heterocycles. The molecule has 0 saturated carbocycles. The van der Waals surface area contributed by atoms with Crippen LogP contribution < -0.4 is 0 Å². The topological polar surface area (TPSA) is 26.3 Å². The number of carbonyl (C=O) groups excluding carboxylic acids is 1. The largest absolute Gasteiger partial charge is 0.381 e. The molecule has 0 atom stereocenters. The van der Waals surface area contributed by atoms with E-state index in [9.17, 15) is 13.6 Å². The first-order valence-corrected chi connectivity index (χ1v) is 4.49. The molecule has 0 spiro atoms. The maximum absolute atomic E-state index is 12.9. The molecule has 2 nitrogen and oxygen atoms in total. The Labute approximate surface area is 76.3 Å². The summed E-state index contributed by atoms with van der Waals surface area (Å²) in [4.78, 5) is 10.6. The summed E-state index contributed by atoms with van der Waals surface area (Å²) in [7, 11) is 0. The molecule has 1 aliphatic heterocycles. The van der Waals surface area contributed by atoms with Crippen molar-refractivity contribution in [3.8, 4) is 0 Å². The molecular formula is C9H14F2O2. The van der Waals surface area contributed by atoms with Crippen molar-refractivity contribution in [1.82, 2.24) is 0 Å². The molecule has 4 heteroatoms. The van der Waals surface area contributed by atoms with Crippen molar-refractivity contribution in [2.75, 3.05) is 13.2 Å². The Bertz CT molecular complexity index is 186. The van der Waals surface area contributed by atoms with E-state index in [-0.39, 0.29) is 12.3 Å². The number of ketones is 1. The summed E-state index contributed by atoms with van der Waals surface area (Å²) in [6.07, 6.45) is 0.970. The minimum atomic E-state index is -3.14. The van der Waals surface area contributed by atoms with E-state index in [2.05, 4.69) is 0 Å². The molecule has 13 heavy (non-hydrogen) atoms. The van der Waals surface area contributed by atoms with Crippen LogP contribution in [0, 0.1) is 5.92 Å². The number of Topliss-reactive ketones (excluding diaryl/α,β-unsaturated/α-hetero) is 1. The maximum atomic E-state index is 12.9. The molecule has 0 aliphatic carbocycles. The van der Waals surface area contributed by atoms with Crippen molar-refractivity contribution >= 4 is 5.78 Å². The van der Waals surface area contributed by atoms with Crippen molar-refractivity contribution < 1.29 is 18.3 Å². The predicted octanol–water partition coefficient (Wildman–Crippen LogP) is 2.03. The van der Waals surface area contributed by atoms with Gasteiger partial charge in [0.2, 0.25) is 0 Å². The minimum absolute atomic E-state index is 0.0624. The highest BCUT2D eigenvalue weighted by Gasteiger charge is 2.37. The number of hydrogen-bond donors (Lipinski definition) is 0. The van der Waals surface area contributed by atoms with Crippen LogP contribution in [0.2, 0.25) is 0 Å². The van der Waals surface area contributed by atoms with E-state index < -0.39 is 11.7 Å². The van der Waals surface area contributed by atoms with E-state index in [0.717, 1.165) is 6.92 Å². The van der Waals surface area contributed by atoms with Crippen molar-refractivity contribution in [3.63, 3.8) is 0 Å². The zero-order valence-corrected chi connectivity index (χ0v) is 7.69. The lowest BCUT2D eigenvalue weighted by molar-refractivity contribution is -0.144. The normalized spacial score (nSPS) is 20.2. The number of hydrogen-bond acceptors (Lipinski definition) is 2. The molecule has 1 rings (SSSR count). The number of rotatable bonds is 3. The van der Waals surface area contributed by atoms with E-state index >= 15 is 0 Å². The minimum Gasteiger partial charge on any atom is -0.381 e. The Morgan fingerprint density at radius 3 is 2.46 bits per heavy atom. The molecule has 0 N–H and O–H groups in total. The summed E-state index contributed by atoms with van der Waals surface area (Å²) in [5, 5.41) is 0. The predicted molar refractivity (Wildman–Crippen MR) is 43.8 cm³/mol. The van der Waals surface area contributed by atoms with Crippen molar-refractivity contribution in [1.29, 1.82) is 0 Å². The van der Waals surface area contributed by atoms with Crippen molar-refractivity contribution in [2.24, 2.45) is 5.92 Å². The lowest BCUT2D eigenvalue weighted by Crippen LogP contribution is -2.31. The van der Waals surface area contributed by atoms with Gasteiger partial charge in [0.1, 0.15) is 0 Å². The van der Waals surface area contributed by atoms with Crippen LogP contribution in [0.15, 0.2) is 0 Å². The van der Waals surface area contributed by atoms with E-state index in [1.807, 2.05) is 0 Å². The van der Waals surface area contributed by atoms with Gasteiger partial charge in [-0.05, 0) is 18.8 Å². The highest BCUT2D eigenvalue weighted by atomic mass is 19.3.